The maximum Gasteiger partial charge on any atom is 0.241 e. The summed E-state index contributed by atoms with van der Waals surface area (Å²) in [7, 11) is -3.59. The van der Waals surface area contributed by atoms with Crippen molar-refractivity contribution in [1.82, 2.24) is 4.72 Å². The Hall–Kier alpha value is -2.37. The zero-order chi connectivity index (χ0) is 18.1. The molecule has 3 aromatic rings. The van der Waals surface area contributed by atoms with Crippen LogP contribution >= 0.6 is 0 Å². The average molecular weight is 367 g/mol. The first-order chi connectivity index (χ1) is 12.5. The summed E-state index contributed by atoms with van der Waals surface area (Å²) in [5.41, 5.74) is 2.31. The second-order valence-electron chi connectivity index (χ2n) is 6.74. The van der Waals surface area contributed by atoms with Crippen molar-refractivity contribution in [1.29, 1.82) is 0 Å². The predicted octanol–water partition coefficient (Wildman–Crippen LogP) is 3.68. The third kappa shape index (κ3) is 3.32. The third-order valence-electron chi connectivity index (χ3n) is 4.69. The fraction of sp³-hybridized carbons (Fsp3) is 0.238. The second-order valence-corrected chi connectivity index (χ2v) is 8.43. The Bertz CT molecular complexity index is 1050. The van der Waals surface area contributed by atoms with Crippen molar-refractivity contribution in [2.45, 2.75) is 30.7 Å². The van der Waals surface area contributed by atoms with Crippen molar-refractivity contribution in [3.63, 3.8) is 0 Å². The molecular weight excluding hydrogens is 346 g/mol. The van der Waals surface area contributed by atoms with E-state index in [1.807, 2.05) is 49.4 Å². The van der Waals surface area contributed by atoms with E-state index in [0.717, 1.165) is 35.1 Å². The zero-order valence-corrected chi connectivity index (χ0v) is 15.4. The van der Waals surface area contributed by atoms with Crippen LogP contribution in [-0.2, 0) is 22.9 Å². The van der Waals surface area contributed by atoms with Crippen LogP contribution in [-0.4, -0.2) is 21.1 Å². The minimum atomic E-state index is -3.59. The fourth-order valence-electron chi connectivity index (χ4n) is 3.52. The van der Waals surface area contributed by atoms with E-state index in [-0.39, 0.29) is 6.04 Å². The van der Waals surface area contributed by atoms with Gasteiger partial charge in [-0.05, 0) is 42.0 Å². The molecule has 0 amide bonds. The summed E-state index contributed by atoms with van der Waals surface area (Å²) in [6.45, 7) is 2.62. The predicted molar refractivity (Wildman–Crippen MR) is 103 cm³/mol. The van der Waals surface area contributed by atoms with E-state index in [1.54, 1.807) is 12.1 Å². The monoisotopic (exact) mass is 367 g/mol. The smallest absolute Gasteiger partial charge is 0.241 e. The molecule has 0 fully saturated rings. The van der Waals surface area contributed by atoms with Crippen LogP contribution < -0.4 is 9.46 Å². The highest BCUT2D eigenvalue weighted by molar-refractivity contribution is 7.89. The maximum absolute atomic E-state index is 12.9. The molecule has 1 atom stereocenters. The molecule has 1 aliphatic rings. The molecule has 4 nitrogen and oxygen atoms in total. The molecule has 0 spiro atoms. The zero-order valence-electron chi connectivity index (χ0n) is 14.6. The number of nitrogens with one attached hydrogen (secondary N) is 1. The lowest BCUT2D eigenvalue weighted by Crippen LogP contribution is -2.34. The van der Waals surface area contributed by atoms with Gasteiger partial charge in [-0.15, -0.1) is 0 Å². The summed E-state index contributed by atoms with van der Waals surface area (Å²) in [6.07, 6.45) is 1.55. The van der Waals surface area contributed by atoms with E-state index in [4.69, 9.17) is 4.74 Å². The topological polar surface area (TPSA) is 55.4 Å². The van der Waals surface area contributed by atoms with Crippen LogP contribution in [0, 0.1) is 0 Å². The summed E-state index contributed by atoms with van der Waals surface area (Å²) in [5, 5.41) is 1.66. The van der Waals surface area contributed by atoms with E-state index in [1.165, 1.54) is 5.56 Å². The van der Waals surface area contributed by atoms with Gasteiger partial charge in [0.25, 0.3) is 0 Å². The molecule has 0 aliphatic carbocycles. The lowest BCUT2D eigenvalue weighted by molar-refractivity contribution is 0.357. The third-order valence-corrected chi connectivity index (χ3v) is 6.34. The minimum absolute atomic E-state index is 0.209. The van der Waals surface area contributed by atoms with Crippen LogP contribution in [0.3, 0.4) is 0 Å². The van der Waals surface area contributed by atoms with E-state index < -0.39 is 10.0 Å². The van der Waals surface area contributed by atoms with Gasteiger partial charge in [0, 0.05) is 17.8 Å². The number of rotatable bonds is 5. The normalized spacial score (nSPS) is 14.8. The molecule has 1 N–H and O–H groups in total. The van der Waals surface area contributed by atoms with Gasteiger partial charge in [0.15, 0.2) is 0 Å². The SMILES string of the molecule is C[C@@H](Cc1ccc2c(c1)CCO2)NS(=O)(=O)c1cccc2ccccc12. The summed E-state index contributed by atoms with van der Waals surface area (Å²) in [4.78, 5) is 0.324. The van der Waals surface area contributed by atoms with Crippen LogP contribution in [0.1, 0.15) is 18.1 Å². The number of fused-ring (bicyclic) bond motifs is 2. The van der Waals surface area contributed by atoms with Gasteiger partial charge in [-0.25, -0.2) is 13.1 Å². The van der Waals surface area contributed by atoms with Gasteiger partial charge in [0.1, 0.15) is 5.75 Å². The van der Waals surface area contributed by atoms with Crippen molar-refractivity contribution in [3.05, 3.63) is 71.8 Å². The van der Waals surface area contributed by atoms with Crippen LogP contribution in [0.5, 0.6) is 5.75 Å². The molecule has 1 heterocycles. The van der Waals surface area contributed by atoms with E-state index >= 15 is 0 Å². The number of ether oxygens (including phenoxy) is 1. The number of benzene rings is 3. The summed E-state index contributed by atoms with van der Waals surface area (Å²) >= 11 is 0. The molecule has 0 bridgehead atoms. The number of hydrogen-bond donors (Lipinski definition) is 1. The van der Waals surface area contributed by atoms with Crippen molar-refractivity contribution in [2.24, 2.45) is 0 Å². The molecule has 0 unspecified atom stereocenters. The van der Waals surface area contributed by atoms with Crippen molar-refractivity contribution in [2.75, 3.05) is 6.61 Å². The van der Waals surface area contributed by atoms with Gasteiger partial charge in [-0.2, -0.15) is 0 Å². The minimum Gasteiger partial charge on any atom is -0.493 e. The standard InChI is InChI=1S/C21H21NO3S/c1-15(13-16-9-10-20-18(14-16)11-12-25-20)22-26(23,24)21-8-4-6-17-5-2-3-7-19(17)21/h2-10,14-15,22H,11-13H2,1H3/t15-/m0/s1. The molecule has 0 saturated heterocycles. The van der Waals surface area contributed by atoms with Crippen LogP contribution in [0.2, 0.25) is 0 Å². The molecule has 4 rings (SSSR count). The second kappa shape index (κ2) is 6.74. The molecule has 3 aromatic carbocycles. The molecule has 0 aromatic heterocycles. The van der Waals surface area contributed by atoms with Gasteiger partial charge >= 0.3 is 0 Å². The Morgan fingerprint density at radius 2 is 1.88 bits per heavy atom. The van der Waals surface area contributed by atoms with E-state index in [0.29, 0.717) is 11.3 Å². The first-order valence-corrected chi connectivity index (χ1v) is 10.3. The lowest BCUT2D eigenvalue weighted by atomic mass is 10.0. The first kappa shape index (κ1) is 17.1. The van der Waals surface area contributed by atoms with Crippen molar-refractivity contribution < 1.29 is 13.2 Å². The highest BCUT2D eigenvalue weighted by Gasteiger charge is 2.20. The van der Waals surface area contributed by atoms with Crippen LogP contribution in [0.25, 0.3) is 10.8 Å². The van der Waals surface area contributed by atoms with Crippen molar-refractivity contribution >= 4 is 20.8 Å². The Balaban J connectivity index is 1.55. The molecule has 1 aliphatic heterocycles. The van der Waals surface area contributed by atoms with Crippen molar-refractivity contribution in [3.8, 4) is 5.75 Å². The Labute approximate surface area is 153 Å². The molecular formula is C21H21NO3S. The van der Waals surface area contributed by atoms with Gasteiger partial charge < -0.3 is 4.74 Å². The molecule has 0 radical (unpaired) electrons. The quantitative estimate of drug-likeness (QED) is 0.748. The van der Waals surface area contributed by atoms with E-state index in [9.17, 15) is 8.42 Å². The number of sulfonamides is 1. The van der Waals surface area contributed by atoms with E-state index in [2.05, 4.69) is 10.8 Å². The molecule has 134 valence electrons. The van der Waals surface area contributed by atoms with Gasteiger partial charge in [-0.1, -0.05) is 48.5 Å². The average Bonchev–Trinajstić information content (AvgIpc) is 3.08. The fourth-order valence-corrected chi connectivity index (χ4v) is 4.99. The lowest BCUT2D eigenvalue weighted by Gasteiger charge is -2.16. The Morgan fingerprint density at radius 1 is 1.08 bits per heavy atom. The number of hydrogen-bond acceptors (Lipinski definition) is 3. The highest BCUT2D eigenvalue weighted by atomic mass is 32.2. The molecule has 5 heteroatoms. The summed E-state index contributed by atoms with van der Waals surface area (Å²) in [5.74, 6) is 0.942. The molecule has 0 saturated carbocycles. The summed E-state index contributed by atoms with van der Waals surface area (Å²) < 4.78 is 34.2. The van der Waals surface area contributed by atoms with Gasteiger partial charge in [0.2, 0.25) is 10.0 Å². The molecule has 26 heavy (non-hydrogen) atoms. The van der Waals surface area contributed by atoms with Gasteiger partial charge in [-0.3, -0.25) is 0 Å². The highest BCUT2D eigenvalue weighted by Crippen LogP contribution is 2.27. The largest absolute Gasteiger partial charge is 0.493 e. The first-order valence-electron chi connectivity index (χ1n) is 8.78. The van der Waals surface area contributed by atoms with Crippen LogP contribution in [0.15, 0.2) is 65.6 Å². The maximum atomic E-state index is 12.9. The van der Waals surface area contributed by atoms with Crippen LogP contribution in [0.4, 0.5) is 0 Å². The Kier molecular flexibility index (Phi) is 4.42. The summed E-state index contributed by atoms with van der Waals surface area (Å²) in [6, 6.07) is 18.8. The Morgan fingerprint density at radius 3 is 2.77 bits per heavy atom. The van der Waals surface area contributed by atoms with Gasteiger partial charge in [0.05, 0.1) is 11.5 Å².